The molecule has 6 heteroatoms. The van der Waals surface area contributed by atoms with Crippen LogP contribution in [0.4, 0.5) is 4.79 Å². The molecule has 6 nitrogen and oxygen atoms in total. The van der Waals surface area contributed by atoms with Gasteiger partial charge in [0, 0.05) is 6.54 Å². The Morgan fingerprint density at radius 1 is 1.29 bits per heavy atom. The zero-order valence-corrected chi connectivity index (χ0v) is 10.1. The molecule has 0 aromatic carbocycles. The Labute approximate surface area is 101 Å². The van der Waals surface area contributed by atoms with Crippen molar-refractivity contribution in [2.75, 3.05) is 19.7 Å². The summed E-state index contributed by atoms with van der Waals surface area (Å²) in [7, 11) is 0. The zero-order chi connectivity index (χ0) is 12.7. The number of nitrogens with one attached hydrogen (secondary N) is 2. The van der Waals surface area contributed by atoms with Crippen LogP contribution in [-0.4, -0.2) is 42.4 Å². The van der Waals surface area contributed by atoms with Crippen LogP contribution < -0.4 is 10.6 Å². The first-order chi connectivity index (χ1) is 8.06. The second kappa shape index (κ2) is 6.44. The molecule has 1 aliphatic carbocycles. The summed E-state index contributed by atoms with van der Waals surface area (Å²) in [5.41, 5.74) is -0.777. The van der Waals surface area contributed by atoms with Gasteiger partial charge in [0.15, 0.2) is 0 Å². The summed E-state index contributed by atoms with van der Waals surface area (Å²) in [6.07, 6.45) is 3.40. The molecule has 2 amide bonds. The Morgan fingerprint density at radius 2 is 1.94 bits per heavy atom. The highest BCUT2D eigenvalue weighted by atomic mass is 16.5. The highest BCUT2D eigenvalue weighted by Crippen LogP contribution is 2.28. The largest absolute Gasteiger partial charge is 0.465 e. The van der Waals surface area contributed by atoms with Crippen LogP contribution >= 0.6 is 0 Å². The average Bonchev–Trinajstić information content (AvgIpc) is 2.72. The van der Waals surface area contributed by atoms with Gasteiger partial charge < -0.3 is 20.5 Å². The van der Waals surface area contributed by atoms with Gasteiger partial charge >= 0.3 is 12.0 Å². The molecular formula is C11H20N2O4. The van der Waals surface area contributed by atoms with E-state index in [1.165, 1.54) is 0 Å². The summed E-state index contributed by atoms with van der Waals surface area (Å²) >= 11 is 0. The summed E-state index contributed by atoms with van der Waals surface area (Å²) in [6.45, 7) is 2.06. The van der Waals surface area contributed by atoms with E-state index < -0.39 is 17.6 Å². The third-order valence-electron chi connectivity index (χ3n) is 2.81. The van der Waals surface area contributed by atoms with E-state index in [1.807, 2.05) is 0 Å². The zero-order valence-electron chi connectivity index (χ0n) is 10.1. The highest BCUT2D eigenvalue weighted by molar-refractivity contribution is 5.80. The van der Waals surface area contributed by atoms with E-state index in [2.05, 4.69) is 15.4 Å². The molecule has 0 unspecified atom stereocenters. The van der Waals surface area contributed by atoms with Crippen molar-refractivity contribution in [2.45, 2.75) is 38.2 Å². The number of esters is 1. The fourth-order valence-electron chi connectivity index (χ4n) is 1.88. The Balaban J connectivity index is 2.14. The number of aliphatic hydroxyl groups is 1. The monoisotopic (exact) mass is 244 g/mol. The molecule has 0 aliphatic heterocycles. The van der Waals surface area contributed by atoms with Gasteiger partial charge in [-0.25, -0.2) is 4.79 Å². The molecule has 0 bridgehead atoms. The molecule has 1 rings (SSSR count). The predicted octanol–water partition coefficient (Wildman–Crippen LogP) is 0.154. The van der Waals surface area contributed by atoms with Gasteiger partial charge in [-0.2, -0.15) is 0 Å². The van der Waals surface area contributed by atoms with Gasteiger partial charge in [-0.3, -0.25) is 4.79 Å². The van der Waals surface area contributed by atoms with Gasteiger partial charge in [0.05, 0.1) is 12.2 Å². The summed E-state index contributed by atoms with van der Waals surface area (Å²) < 4.78 is 4.66. The lowest BCUT2D eigenvalue weighted by Gasteiger charge is -2.22. The number of amides is 2. The van der Waals surface area contributed by atoms with Crippen molar-refractivity contribution in [3.8, 4) is 0 Å². The van der Waals surface area contributed by atoms with Crippen molar-refractivity contribution >= 4 is 12.0 Å². The maximum atomic E-state index is 11.3. The lowest BCUT2D eigenvalue weighted by molar-refractivity contribution is -0.141. The normalized spacial score (nSPS) is 17.5. The third-order valence-corrected chi connectivity index (χ3v) is 2.81. The van der Waals surface area contributed by atoms with Gasteiger partial charge in [0.2, 0.25) is 0 Å². The van der Waals surface area contributed by atoms with Gasteiger partial charge in [0.1, 0.15) is 6.54 Å². The Morgan fingerprint density at radius 3 is 2.53 bits per heavy atom. The number of hydrogen-bond acceptors (Lipinski definition) is 4. The minimum Gasteiger partial charge on any atom is -0.465 e. The fourth-order valence-corrected chi connectivity index (χ4v) is 1.88. The fraction of sp³-hybridized carbons (Fsp3) is 0.818. The first-order valence-electron chi connectivity index (χ1n) is 5.95. The van der Waals surface area contributed by atoms with Crippen molar-refractivity contribution in [3.63, 3.8) is 0 Å². The lowest BCUT2D eigenvalue weighted by Crippen LogP contribution is -2.46. The summed E-state index contributed by atoms with van der Waals surface area (Å²) in [5.74, 6) is -0.470. The van der Waals surface area contributed by atoms with Gasteiger partial charge in [-0.05, 0) is 19.8 Å². The molecule has 0 radical (unpaired) electrons. The number of carbonyl (C=O) groups excluding carboxylic acids is 2. The topological polar surface area (TPSA) is 87.7 Å². The first kappa shape index (κ1) is 13.8. The predicted molar refractivity (Wildman–Crippen MR) is 61.5 cm³/mol. The van der Waals surface area contributed by atoms with Crippen molar-refractivity contribution < 1.29 is 19.4 Å². The van der Waals surface area contributed by atoms with Crippen LogP contribution in [0.2, 0.25) is 0 Å². The van der Waals surface area contributed by atoms with Crippen LogP contribution in [0.25, 0.3) is 0 Å². The molecule has 0 saturated heterocycles. The second-order valence-electron chi connectivity index (χ2n) is 4.27. The maximum absolute atomic E-state index is 11.3. The van der Waals surface area contributed by atoms with Crippen LogP contribution in [0.3, 0.4) is 0 Å². The number of carbonyl (C=O) groups is 2. The molecule has 3 N–H and O–H groups in total. The summed E-state index contributed by atoms with van der Waals surface area (Å²) in [4.78, 5) is 22.3. The molecule has 1 aliphatic rings. The van der Waals surface area contributed by atoms with Crippen LogP contribution in [-0.2, 0) is 9.53 Å². The third kappa shape index (κ3) is 5.04. The van der Waals surface area contributed by atoms with Crippen molar-refractivity contribution in [1.29, 1.82) is 0 Å². The van der Waals surface area contributed by atoms with Crippen LogP contribution in [0.5, 0.6) is 0 Å². The van der Waals surface area contributed by atoms with E-state index in [-0.39, 0.29) is 13.1 Å². The Bertz CT molecular complexity index is 275. The molecule has 1 saturated carbocycles. The summed E-state index contributed by atoms with van der Waals surface area (Å²) in [5, 5.41) is 14.9. The minimum absolute atomic E-state index is 0.155. The van der Waals surface area contributed by atoms with Crippen molar-refractivity contribution in [2.24, 2.45) is 0 Å². The maximum Gasteiger partial charge on any atom is 0.325 e. The first-order valence-corrected chi connectivity index (χ1v) is 5.95. The molecule has 0 aromatic rings. The standard InChI is InChI=1S/C11H20N2O4/c1-2-17-9(14)7-12-10(15)13-8-11(16)5-3-4-6-11/h16H,2-8H2,1H3,(H2,12,13,15). The van der Waals surface area contributed by atoms with Crippen LogP contribution in [0.1, 0.15) is 32.6 Å². The number of urea groups is 1. The lowest BCUT2D eigenvalue weighted by atomic mass is 10.0. The molecular weight excluding hydrogens is 224 g/mol. The Kier molecular flexibility index (Phi) is 5.21. The molecule has 0 spiro atoms. The van der Waals surface area contributed by atoms with Gasteiger partial charge in [-0.15, -0.1) is 0 Å². The van der Waals surface area contributed by atoms with Gasteiger partial charge in [0.25, 0.3) is 0 Å². The average molecular weight is 244 g/mol. The molecule has 1 fully saturated rings. The Hall–Kier alpha value is -1.30. The number of rotatable bonds is 5. The van der Waals surface area contributed by atoms with Crippen LogP contribution in [0.15, 0.2) is 0 Å². The number of hydrogen-bond donors (Lipinski definition) is 3. The molecule has 0 heterocycles. The smallest absolute Gasteiger partial charge is 0.325 e. The minimum atomic E-state index is -0.777. The van der Waals surface area contributed by atoms with E-state index in [0.717, 1.165) is 12.8 Å². The van der Waals surface area contributed by atoms with E-state index in [9.17, 15) is 14.7 Å². The van der Waals surface area contributed by atoms with E-state index in [4.69, 9.17) is 0 Å². The number of ether oxygens (including phenoxy) is 1. The SMILES string of the molecule is CCOC(=O)CNC(=O)NCC1(O)CCCC1. The van der Waals surface area contributed by atoms with Crippen LogP contribution in [0, 0.1) is 0 Å². The molecule has 0 aromatic heterocycles. The van der Waals surface area contributed by atoms with E-state index in [1.54, 1.807) is 6.92 Å². The van der Waals surface area contributed by atoms with Crippen molar-refractivity contribution in [3.05, 3.63) is 0 Å². The molecule has 0 atom stereocenters. The quantitative estimate of drug-likeness (QED) is 0.601. The highest BCUT2D eigenvalue weighted by Gasteiger charge is 2.31. The summed E-state index contributed by atoms with van der Waals surface area (Å²) in [6, 6.07) is -0.460. The van der Waals surface area contributed by atoms with E-state index >= 15 is 0 Å². The second-order valence-corrected chi connectivity index (χ2v) is 4.27. The van der Waals surface area contributed by atoms with Crippen molar-refractivity contribution in [1.82, 2.24) is 10.6 Å². The molecule has 17 heavy (non-hydrogen) atoms. The molecule has 98 valence electrons. The van der Waals surface area contributed by atoms with E-state index in [0.29, 0.717) is 19.4 Å². The van der Waals surface area contributed by atoms with Gasteiger partial charge in [-0.1, -0.05) is 12.8 Å².